The molecule has 11 heteroatoms. The first-order valence-electron chi connectivity index (χ1n) is 11.1. The van der Waals surface area contributed by atoms with Gasteiger partial charge in [0.25, 0.3) is 0 Å². The summed E-state index contributed by atoms with van der Waals surface area (Å²) in [5.41, 5.74) is -2.40. The summed E-state index contributed by atoms with van der Waals surface area (Å²) in [7, 11) is 0. The summed E-state index contributed by atoms with van der Waals surface area (Å²) >= 11 is 0. The summed E-state index contributed by atoms with van der Waals surface area (Å²) in [6, 6.07) is 0. The van der Waals surface area contributed by atoms with Crippen molar-refractivity contribution in [3.63, 3.8) is 0 Å². The Morgan fingerprint density at radius 2 is 1.66 bits per heavy atom. The molecule has 0 aromatic carbocycles. The van der Waals surface area contributed by atoms with E-state index in [-0.39, 0.29) is 36.1 Å². The van der Waals surface area contributed by atoms with Gasteiger partial charge in [-0.2, -0.15) is 0 Å². The van der Waals surface area contributed by atoms with E-state index in [2.05, 4.69) is 13.8 Å². The third-order valence-corrected chi connectivity index (χ3v) is 8.65. The van der Waals surface area contributed by atoms with Gasteiger partial charge in [-0.3, -0.25) is 0 Å². The van der Waals surface area contributed by atoms with E-state index < -0.39 is 61.4 Å². The van der Waals surface area contributed by atoms with Crippen LogP contribution >= 0.6 is 0 Å². The lowest BCUT2D eigenvalue weighted by Crippen LogP contribution is -2.60. The number of ether oxygens (including phenoxy) is 4. The van der Waals surface area contributed by atoms with E-state index in [0.29, 0.717) is 12.8 Å². The molecule has 186 valence electrons. The van der Waals surface area contributed by atoms with Crippen molar-refractivity contribution in [2.75, 3.05) is 19.8 Å². The lowest BCUT2D eigenvalue weighted by atomic mass is 9.70. The predicted octanol–water partition coefficient (Wildman–Crippen LogP) is -2.55. The monoisotopic (exact) mass is 464 g/mol. The average Bonchev–Trinajstić information content (AvgIpc) is 3.20. The Hall–Kier alpha value is -0.440. The highest BCUT2D eigenvalue weighted by Crippen LogP contribution is 2.66. The number of hydrogen-bond donors (Lipinski definition) is 7. The molecule has 7 N–H and O–H groups in total. The molecular formula is C21H36O11. The molecule has 11 nitrogen and oxygen atoms in total. The van der Waals surface area contributed by atoms with Crippen molar-refractivity contribution in [1.29, 1.82) is 0 Å². The van der Waals surface area contributed by atoms with Gasteiger partial charge in [-0.1, -0.05) is 20.8 Å². The number of hydrogen-bond acceptors (Lipinski definition) is 11. The van der Waals surface area contributed by atoms with Crippen LogP contribution in [0.3, 0.4) is 0 Å². The summed E-state index contributed by atoms with van der Waals surface area (Å²) in [6.45, 7) is 4.83. The zero-order valence-electron chi connectivity index (χ0n) is 18.6. The van der Waals surface area contributed by atoms with Crippen molar-refractivity contribution in [2.24, 2.45) is 16.7 Å². The lowest BCUT2D eigenvalue weighted by Gasteiger charge is -2.45. The molecule has 0 unspecified atom stereocenters. The van der Waals surface area contributed by atoms with E-state index in [4.69, 9.17) is 18.9 Å². The fourth-order valence-electron chi connectivity index (χ4n) is 5.89. The largest absolute Gasteiger partial charge is 0.393 e. The molecule has 2 aliphatic carbocycles. The standard InChI is InChI=1S/C21H36O11/c1-19(2)9-4-12(20(19,3)5-10(9)23)32-17-15(26)14(25)13(24)11(31-17)6-29-18-16(27)21(28,7-22)8-30-18/h9-18,22-28H,4-8H2,1-3H3/t9-,10+,11-,12-,13-,14+,15-,16+,17+,18-,20-,21-/m1/s1. The average molecular weight is 465 g/mol. The minimum absolute atomic E-state index is 0.0409. The molecule has 2 saturated carbocycles. The smallest absolute Gasteiger partial charge is 0.186 e. The molecule has 2 bridgehead atoms. The first-order valence-corrected chi connectivity index (χ1v) is 11.1. The third kappa shape index (κ3) is 3.62. The summed E-state index contributed by atoms with van der Waals surface area (Å²) in [4.78, 5) is 0. The fourth-order valence-corrected chi connectivity index (χ4v) is 5.89. The highest BCUT2D eigenvalue weighted by Gasteiger charge is 2.66. The molecule has 0 amide bonds. The Morgan fingerprint density at radius 1 is 0.969 bits per heavy atom. The second kappa shape index (κ2) is 8.35. The van der Waals surface area contributed by atoms with Crippen LogP contribution in [0.4, 0.5) is 0 Å². The zero-order chi connectivity index (χ0) is 23.6. The Balaban J connectivity index is 1.40. The van der Waals surface area contributed by atoms with Crippen molar-refractivity contribution in [1.82, 2.24) is 0 Å². The van der Waals surface area contributed by atoms with E-state index in [1.807, 2.05) is 6.92 Å². The normalized spacial score (nSPS) is 54.9. The molecule has 32 heavy (non-hydrogen) atoms. The van der Waals surface area contributed by atoms with Crippen LogP contribution in [0.15, 0.2) is 0 Å². The van der Waals surface area contributed by atoms with Crippen LogP contribution in [-0.4, -0.2) is 116 Å². The van der Waals surface area contributed by atoms with Gasteiger partial charge in [0, 0.05) is 5.41 Å². The van der Waals surface area contributed by atoms with Crippen LogP contribution in [0.5, 0.6) is 0 Å². The number of fused-ring (bicyclic) bond motifs is 2. The van der Waals surface area contributed by atoms with Crippen LogP contribution in [-0.2, 0) is 18.9 Å². The number of rotatable bonds is 6. The summed E-state index contributed by atoms with van der Waals surface area (Å²) in [6.07, 6.45) is -9.28. The van der Waals surface area contributed by atoms with Crippen molar-refractivity contribution in [2.45, 2.75) is 94.5 Å². The summed E-state index contributed by atoms with van der Waals surface area (Å²) in [5.74, 6) is 0.0409. The fraction of sp³-hybridized carbons (Fsp3) is 1.00. The van der Waals surface area contributed by atoms with E-state index in [1.54, 1.807) is 0 Å². The Kier molecular flexibility index (Phi) is 6.44. The summed E-state index contributed by atoms with van der Waals surface area (Å²) in [5, 5.41) is 70.9. The lowest BCUT2D eigenvalue weighted by molar-refractivity contribution is -0.326. The van der Waals surface area contributed by atoms with Gasteiger partial charge in [-0.05, 0) is 24.2 Å². The van der Waals surface area contributed by atoms with Crippen LogP contribution in [0.1, 0.15) is 33.6 Å². The molecule has 4 fully saturated rings. The van der Waals surface area contributed by atoms with Gasteiger partial charge in [0.05, 0.1) is 32.0 Å². The van der Waals surface area contributed by atoms with Gasteiger partial charge >= 0.3 is 0 Å². The molecule has 0 radical (unpaired) electrons. The van der Waals surface area contributed by atoms with Crippen molar-refractivity contribution in [3.8, 4) is 0 Å². The summed E-state index contributed by atoms with van der Waals surface area (Å²) < 4.78 is 22.5. The molecule has 0 aromatic rings. The Bertz CT molecular complexity index is 691. The molecule has 4 rings (SSSR count). The molecule has 12 atom stereocenters. The van der Waals surface area contributed by atoms with Crippen LogP contribution < -0.4 is 0 Å². The van der Waals surface area contributed by atoms with Gasteiger partial charge < -0.3 is 54.7 Å². The first-order chi connectivity index (χ1) is 14.9. The Labute approximate surface area is 186 Å². The van der Waals surface area contributed by atoms with Crippen LogP contribution in [0, 0.1) is 16.7 Å². The van der Waals surface area contributed by atoms with Crippen LogP contribution in [0.2, 0.25) is 0 Å². The Morgan fingerprint density at radius 3 is 2.19 bits per heavy atom. The molecular weight excluding hydrogens is 428 g/mol. The van der Waals surface area contributed by atoms with Crippen molar-refractivity contribution in [3.05, 3.63) is 0 Å². The second-order valence-corrected chi connectivity index (χ2v) is 10.6. The van der Waals surface area contributed by atoms with Crippen molar-refractivity contribution >= 4 is 0 Å². The molecule has 2 saturated heterocycles. The maximum Gasteiger partial charge on any atom is 0.186 e. The maximum absolute atomic E-state index is 10.5. The van der Waals surface area contributed by atoms with E-state index in [1.165, 1.54) is 0 Å². The number of aliphatic hydroxyl groups is 7. The topological polar surface area (TPSA) is 179 Å². The quantitative estimate of drug-likeness (QED) is 0.220. The van der Waals surface area contributed by atoms with Gasteiger partial charge in [0.1, 0.15) is 36.1 Å². The number of aliphatic hydroxyl groups excluding tert-OH is 6. The van der Waals surface area contributed by atoms with E-state index in [0.717, 1.165) is 0 Å². The highest BCUT2D eigenvalue weighted by atomic mass is 16.7. The highest BCUT2D eigenvalue weighted by molar-refractivity contribution is 5.14. The molecule has 2 aliphatic heterocycles. The maximum atomic E-state index is 10.5. The van der Waals surface area contributed by atoms with Gasteiger partial charge in [-0.25, -0.2) is 0 Å². The minimum Gasteiger partial charge on any atom is -0.393 e. The van der Waals surface area contributed by atoms with Crippen molar-refractivity contribution < 1.29 is 54.7 Å². The van der Waals surface area contributed by atoms with E-state index in [9.17, 15) is 35.7 Å². The molecule has 4 aliphatic rings. The zero-order valence-corrected chi connectivity index (χ0v) is 18.6. The first kappa shape index (κ1) is 24.7. The SMILES string of the molecule is CC1(C)[C@@H]2C[C@@H](O[C@@H]3O[C@H](CO[C@@H]4OC[C@](O)(CO)[C@H]4O)[C@@H](O)[C@H](O)[C@H]3O)[C@@]1(C)C[C@@H]2O. The minimum atomic E-state index is -1.85. The van der Waals surface area contributed by atoms with Gasteiger partial charge in [0.2, 0.25) is 0 Å². The van der Waals surface area contributed by atoms with Crippen LogP contribution in [0.25, 0.3) is 0 Å². The van der Waals surface area contributed by atoms with Gasteiger partial charge in [-0.15, -0.1) is 0 Å². The van der Waals surface area contributed by atoms with Gasteiger partial charge in [0.15, 0.2) is 12.6 Å². The molecule has 0 aromatic heterocycles. The second-order valence-electron chi connectivity index (χ2n) is 10.6. The molecule has 0 spiro atoms. The van der Waals surface area contributed by atoms with E-state index >= 15 is 0 Å². The predicted molar refractivity (Wildman–Crippen MR) is 106 cm³/mol. The third-order valence-electron chi connectivity index (χ3n) is 8.65. The molecule has 2 heterocycles.